The van der Waals surface area contributed by atoms with Crippen LogP contribution < -0.4 is 0 Å². The normalized spacial score (nSPS) is 42.5. The van der Waals surface area contributed by atoms with Crippen molar-refractivity contribution in [2.45, 2.75) is 58.5 Å². The SMILES string of the molecule is CC1=C(c2cccnc2)[C@@]2(CO)CC[C@H]3[C@@H]([C@H](C)C=C4C[C@H](O)CC[C@@H]43)[C@@H]2C1. The van der Waals surface area contributed by atoms with Gasteiger partial charge in [-0.05, 0) is 92.2 Å². The zero-order valence-electron chi connectivity index (χ0n) is 17.1. The average Bonchev–Trinajstić information content (AvgIpc) is 3.00. The first kappa shape index (κ1) is 18.6. The summed E-state index contributed by atoms with van der Waals surface area (Å²) in [6, 6.07) is 4.19. The molecular formula is C25H33NO2. The van der Waals surface area contributed by atoms with Crippen LogP contribution in [-0.4, -0.2) is 27.9 Å². The van der Waals surface area contributed by atoms with Gasteiger partial charge < -0.3 is 10.2 Å². The molecule has 0 radical (unpaired) electrons. The van der Waals surface area contributed by atoms with Crippen LogP contribution in [0.3, 0.4) is 0 Å². The van der Waals surface area contributed by atoms with E-state index in [0.717, 1.165) is 32.1 Å². The lowest BCUT2D eigenvalue weighted by Crippen LogP contribution is -2.50. The second-order valence-electron chi connectivity index (χ2n) is 9.94. The zero-order chi connectivity index (χ0) is 19.5. The Balaban J connectivity index is 1.54. The maximum absolute atomic E-state index is 10.7. The van der Waals surface area contributed by atoms with E-state index in [1.807, 2.05) is 18.5 Å². The summed E-state index contributed by atoms with van der Waals surface area (Å²) in [6.07, 6.45) is 12.5. The van der Waals surface area contributed by atoms with E-state index in [1.165, 1.54) is 28.7 Å². The van der Waals surface area contributed by atoms with Gasteiger partial charge in [-0.15, -0.1) is 0 Å². The summed E-state index contributed by atoms with van der Waals surface area (Å²) in [7, 11) is 0. The number of allylic oxidation sites excluding steroid dienone is 2. The monoisotopic (exact) mass is 379 g/mol. The number of nitrogens with zero attached hydrogens (tertiary/aromatic N) is 1. The number of fused-ring (bicyclic) bond motifs is 5. The minimum Gasteiger partial charge on any atom is -0.395 e. The molecule has 3 heteroatoms. The second-order valence-corrected chi connectivity index (χ2v) is 9.94. The molecule has 150 valence electrons. The molecule has 2 saturated carbocycles. The van der Waals surface area contributed by atoms with Gasteiger partial charge in [-0.3, -0.25) is 4.98 Å². The van der Waals surface area contributed by atoms with Gasteiger partial charge in [0.1, 0.15) is 0 Å². The molecule has 3 nitrogen and oxygen atoms in total. The van der Waals surface area contributed by atoms with E-state index in [1.54, 1.807) is 0 Å². The van der Waals surface area contributed by atoms with Gasteiger partial charge in [-0.2, -0.15) is 0 Å². The Morgan fingerprint density at radius 1 is 1.21 bits per heavy atom. The van der Waals surface area contributed by atoms with Crippen molar-refractivity contribution in [2.75, 3.05) is 6.61 Å². The van der Waals surface area contributed by atoms with Crippen molar-refractivity contribution in [3.63, 3.8) is 0 Å². The lowest BCUT2D eigenvalue weighted by atomic mass is 9.49. The Morgan fingerprint density at radius 3 is 2.82 bits per heavy atom. The van der Waals surface area contributed by atoms with Crippen molar-refractivity contribution in [3.05, 3.63) is 47.3 Å². The molecule has 7 atom stereocenters. The summed E-state index contributed by atoms with van der Waals surface area (Å²) in [5.41, 5.74) is 5.46. The lowest BCUT2D eigenvalue weighted by molar-refractivity contribution is -0.0331. The molecular weight excluding hydrogens is 346 g/mol. The van der Waals surface area contributed by atoms with E-state index in [4.69, 9.17) is 0 Å². The van der Waals surface area contributed by atoms with Crippen LogP contribution in [0.25, 0.3) is 5.57 Å². The fourth-order valence-corrected chi connectivity index (χ4v) is 7.73. The van der Waals surface area contributed by atoms with E-state index in [0.29, 0.717) is 29.6 Å². The van der Waals surface area contributed by atoms with Gasteiger partial charge in [0.15, 0.2) is 0 Å². The van der Waals surface area contributed by atoms with Crippen LogP contribution in [0.15, 0.2) is 41.7 Å². The van der Waals surface area contributed by atoms with Crippen LogP contribution in [-0.2, 0) is 0 Å². The molecule has 4 aliphatic carbocycles. The van der Waals surface area contributed by atoms with Crippen LogP contribution >= 0.6 is 0 Å². The highest BCUT2D eigenvalue weighted by Gasteiger charge is 2.58. The van der Waals surface area contributed by atoms with E-state index >= 15 is 0 Å². The Morgan fingerprint density at radius 2 is 2.07 bits per heavy atom. The topological polar surface area (TPSA) is 53.4 Å². The first-order chi connectivity index (χ1) is 13.5. The molecule has 0 amide bonds. The van der Waals surface area contributed by atoms with Gasteiger partial charge in [-0.1, -0.05) is 30.2 Å². The molecule has 28 heavy (non-hydrogen) atoms. The Labute approximate surface area is 168 Å². The second kappa shape index (κ2) is 6.81. The molecule has 5 rings (SSSR count). The molecule has 0 aromatic carbocycles. The highest BCUT2D eigenvalue weighted by molar-refractivity contribution is 5.75. The number of aliphatic hydroxyl groups excluding tert-OH is 2. The van der Waals surface area contributed by atoms with Crippen LogP contribution in [0.2, 0.25) is 0 Å². The van der Waals surface area contributed by atoms with Gasteiger partial charge >= 0.3 is 0 Å². The predicted octanol–water partition coefficient (Wildman–Crippen LogP) is 4.62. The summed E-state index contributed by atoms with van der Waals surface area (Å²) >= 11 is 0. The molecule has 1 aromatic heterocycles. The van der Waals surface area contributed by atoms with E-state index in [2.05, 4.69) is 31.0 Å². The highest BCUT2D eigenvalue weighted by Crippen LogP contribution is 2.65. The largest absolute Gasteiger partial charge is 0.395 e. The molecule has 2 N–H and O–H groups in total. The lowest BCUT2D eigenvalue weighted by Gasteiger charge is -2.55. The Hall–Kier alpha value is -1.45. The van der Waals surface area contributed by atoms with Crippen molar-refractivity contribution in [2.24, 2.45) is 35.0 Å². The Bertz CT molecular complexity index is 813. The summed E-state index contributed by atoms with van der Waals surface area (Å²) < 4.78 is 0. The fourth-order valence-electron chi connectivity index (χ4n) is 7.73. The quantitative estimate of drug-likeness (QED) is 0.738. The summed E-state index contributed by atoms with van der Waals surface area (Å²) in [4.78, 5) is 4.38. The molecule has 0 unspecified atom stereocenters. The van der Waals surface area contributed by atoms with Crippen LogP contribution in [0, 0.1) is 35.0 Å². The third-order valence-electron chi connectivity index (χ3n) is 8.64. The van der Waals surface area contributed by atoms with Crippen molar-refractivity contribution < 1.29 is 10.2 Å². The van der Waals surface area contributed by atoms with E-state index < -0.39 is 0 Å². The van der Waals surface area contributed by atoms with Gasteiger partial charge in [0.2, 0.25) is 0 Å². The standard InChI is InChI=1S/C25H33NO2/c1-15-10-18-12-19(28)5-6-20(18)21-7-8-25(14-27)22(23(15)21)11-16(2)24(25)17-4-3-9-26-13-17/h3-4,9-10,13,15,19-23,27-28H,5-8,11-12,14H2,1-2H3/t15-,19-,20+,21-,22+,23-,25-/m1/s1. The van der Waals surface area contributed by atoms with Gasteiger partial charge in [0, 0.05) is 17.8 Å². The van der Waals surface area contributed by atoms with Crippen LogP contribution in [0.1, 0.15) is 57.9 Å². The van der Waals surface area contributed by atoms with E-state index in [9.17, 15) is 10.2 Å². The number of pyridine rings is 1. The number of hydrogen-bond acceptors (Lipinski definition) is 3. The molecule has 0 bridgehead atoms. The number of rotatable bonds is 2. The van der Waals surface area contributed by atoms with Crippen LogP contribution in [0.4, 0.5) is 0 Å². The van der Waals surface area contributed by atoms with Crippen molar-refractivity contribution in [1.82, 2.24) is 4.98 Å². The summed E-state index contributed by atoms with van der Waals surface area (Å²) in [5, 5.41) is 20.9. The fraction of sp³-hybridized carbons (Fsp3) is 0.640. The van der Waals surface area contributed by atoms with Crippen molar-refractivity contribution in [1.29, 1.82) is 0 Å². The Kier molecular flexibility index (Phi) is 4.52. The average molecular weight is 380 g/mol. The van der Waals surface area contributed by atoms with Crippen LogP contribution in [0.5, 0.6) is 0 Å². The maximum atomic E-state index is 10.7. The van der Waals surface area contributed by atoms with Crippen molar-refractivity contribution >= 4 is 5.57 Å². The molecule has 0 aliphatic heterocycles. The van der Waals surface area contributed by atoms with Crippen molar-refractivity contribution in [3.8, 4) is 0 Å². The first-order valence-corrected chi connectivity index (χ1v) is 11.2. The zero-order valence-corrected chi connectivity index (χ0v) is 17.1. The van der Waals surface area contributed by atoms with Gasteiger partial charge in [0.05, 0.1) is 12.7 Å². The summed E-state index contributed by atoms with van der Waals surface area (Å²) in [5.74, 6) is 3.05. The van der Waals surface area contributed by atoms with Gasteiger partial charge in [0.25, 0.3) is 0 Å². The third kappa shape index (κ3) is 2.59. The third-order valence-corrected chi connectivity index (χ3v) is 8.64. The summed E-state index contributed by atoms with van der Waals surface area (Å²) in [6.45, 7) is 4.90. The molecule has 4 aliphatic rings. The molecule has 2 fully saturated rings. The number of hydrogen-bond donors (Lipinski definition) is 2. The first-order valence-electron chi connectivity index (χ1n) is 11.2. The number of aromatic nitrogens is 1. The molecule has 0 saturated heterocycles. The molecule has 0 spiro atoms. The minimum atomic E-state index is -0.140. The maximum Gasteiger partial charge on any atom is 0.0577 e. The highest BCUT2D eigenvalue weighted by atomic mass is 16.3. The molecule has 1 heterocycles. The minimum absolute atomic E-state index is 0.109. The van der Waals surface area contributed by atoms with E-state index in [-0.39, 0.29) is 18.1 Å². The predicted molar refractivity (Wildman–Crippen MR) is 111 cm³/mol. The number of aliphatic hydroxyl groups is 2. The van der Waals surface area contributed by atoms with Gasteiger partial charge in [-0.25, -0.2) is 0 Å². The molecule has 1 aromatic rings. The smallest absolute Gasteiger partial charge is 0.0577 e.